The van der Waals surface area contributed by atoms with Gasteiger partial charge in [-0.2, -0.15) is 9.89 Å². The van der Waals surface area contributed by atoms with Crippen LogP contribution in [-0.2, 0) is 9.59 Å². The second-order valence-electron chi connectivity index (χ2n) is 4.26. The smallest absolute Gasteiger partial charge is 0.328 e. The lowest BCUT2D eigenvalue weighted by molar-refractivity contribution is -0.134. The molecule has 0 bridgehead atoms. The number of hydrogen-bond donors (Lipinski definition) is 2. The first-order valence-corrected chi connectivity index (χ1v) is 6.86. The van der Waals surface area contributed by atoms with Crippen molar-refractivity contribution in [1.82, 2.24) is 14.9 Å². The van der Waals surface area contributed by atoms with Crippen LogP contribution >= 0.6 is 0 Å². The first-order valence-electron chi connectivity index (χ1n) is 6.86. The maximum absolute atomic E-state index is 9.55. The zero-order chi connectivity index (χ0) is 17.1. The van der Waals surface area contributed by atoms with Crippen molar-refractivity contribution in [3.8, 4) is 0 Å². The van der Waals surface area contributed by atoms with E-state index in [1.807, 2.05) is 29.2 Å². The molecule has 0 spiro atoms. The zero-order valence-corrected chi connectivity index (χ0v) is 12.6. The van der Waals surface area contributed by atoms with E-state index in [2.05, 4.69) is 22.0 Å². The lowest BCUT2D eigenvalue weighted by atomic mass is 10.3. The van der Waals surface area contributed by atoms with Crippen LogP contribution in [0.3, 0.4) is 0 Å². The number of aliphatic carboxylic acids is 2. The SMILES string of the molecule is CCCN(c1ccncc1)n1cccn1.O=C(O)/C=C\C(=O)O. The van der Waals surface area contributed by atoms with Crippen LogP contribution in [0.2, 0.25) is 0 Å². The van der Waals surface area contributed by atoms with Gasteiger partial charge in [-0.15, -0.1) is 0 Å². The third-order valence-corrected chi connectivity index (χ3v) is 2.50. The monoisotopic (exact) mass is 318 g/mol. The van der Waals surface area contributed by atoms with Crippen molar-refractivity contribution in [2.75, 3.05) is 11.6 Å². The van der Waals surface area contributed by atoms with Gasteiger partial charge >= 0.3 is 11.9 Å². The van der Waals surface area contributed by atoms with Gasteiger partial charge in [-0.25, -0.2) is 9.59 Å². The average Bonchev–Trinajstić information content (AvgIpc) is 3.06. The normalized spacial score (nSPS) is 9.96. The second kappa shape index (κ2) is 9.72. The van der Waals surface area contributed by atoms with Gasteiger partial charge < -0.3 is 10.2 Å². The number of anilines is 1. The molecule has 2 N–H and O–H groups in total. The summed E-state index contributed by atoms with van der Waals surface area (Å²) in [7, 11) is 0. The molecule has 2 aromatic heterocycles. The highest BCUT2D eigenvalue weighted by atomic mass is 16.4. The number of nitrogens with zero attached hydrogens (tertiary/aromatic N) is 4. The molecular weight excluding hydrogens is 300 g/mol. The topological polar surface area (TPSA) is 109 Å². The van der Waals surface area contributed by atoms with Gasteiger partial charge in [-0.3, -0.25) is 9.99 Å². The summed E-state index contributed by atoms with van der Waals surface area (Å²) >= 11 is 0. The minimum absolute atomic E-state index is 0.558. The van der Waals surface area contributed by atoms with Crippen molar-refractivity contribution >= 4 is 17.6 Å². The molecule has 0 atom stereocenters. The Morgan fingerprint density at radius 2 is 1.78 bits per heavy atom. The van der Waals surface area contributed by atoms with Crippen LogP contribution in [0.15, 0.2) is 55.1 Å². The molecule has 2 aromatic rings. The molecule has 23 heavy (non-hydrogen) atoms. The Hall–Kier alpha value is -3.16. The zero-order valence-electron chi connectivity index (χ0n) is 12.6. The van der Waals surface area contributed by atoms with Gasteiger partial charge in [0.15, 0.2) is 0 Å². The summed E-state index contributed by atoms with van der Waals surface area (Å²) in [5.74, 6) is -2.51. The minimum atomic E-state index is -1.26. The maximum atomic E-state index is 9.55. The number of carboxylic acids is 2. The van der Waals surface area contributed by atoms with E-state index in [-0.39, 0.29) is 0 Å². The number of pyridine rings is 1. The summed E-state index contributed by atoms with van der Waals surface area (Å²) in [5, 5.41) is 22.0. The first-order chi connectivity index (χ1) is 11.0. The van der Waals surface area contributed by atoms with Gasteiger partial charge in [0.25, 0.3) is 0 Å². The van der Waals surface area contributed by atoms with Gasteiger partial charge in [-0.05, 0) is 24.6 Å². The van der Waals surface area contributed by atoms with E-state index in [4.69, 9.17) is 10.2 Å². The molecule has 8 heteroatoms. The Morgan fingerprint density at radius 3 is 2.22 bits per heavy atom. The summed E-state index contributed by atoms with van der Waals surface area (Å²) in [5.41, 5.74) is 1.11. The van der Waals surface area contributed by atoms with E-state index in [1.165, 1.54) is 0 Å². The fourth-order valence-electron chi connectivity index (χ4n) is 1.62. The lowest BCUT2D eigenvalue weighted by Crippen LogP contribution is -2.30. The summed E-state index contributed by atoms with van der Waals surface area (Å²) in [6.45, 7) is 3.09. The molecule has 0 aliphatic heterocycles. The highest BCUT2D eigenvalue weighted by molar-refractivity contribution is 5.89. The van der Waals surface area contributed by atoms with Crippen LogP contribution in [0.5, 0.6) is 0 Å². The molecular formula is C15H18N4O4. The van der Waals surface area contributed by atoms with Crippen LogP contribution in [0.4, 0.5) is 5.69 Å². The van der Waals surface area contributed by atoms with Crippen molar-refractivity contribution in [3.05, 3.63) is 55.1 Å². The van der Waals surface area contributed by atoms with E-state index in [9.17, 15) is 9.59 Å². The largest absolute Gasteiger partial charge is 0.478 e. The second-order valence-corrected chi connectivity index (χ2v) is 4.26. The molecule has 2 heterocycles. The Morgan fingerprint density at radius 1 is 1.17 bits per heavy atom. The van der Waals surface area contributed by atoms with Gasteiger partial charge in [0, 0.05) is 37.3 Å². The van der Waals surface area contributed by atoms with Gasteiger partial charge in [-0.1, -0.05) is 6.92 Å². The van der Waals surface area contributed by atoms with Crippen molar-refractivity contribution in [2.24, 2.45) is 0 Å². The van der Waals surface area contributed by atoms with Crippen molar-refractivity contribution in [1.29, 1.82) is 0 Å². The van der Waals surface area contributed by atoms with E-state index in [0.717, 1.165) is 18.7 Å². The third-order valence-electron chi connectivity index (χ3n) is 2.50. The highest BCUT2D eigenvalue weighted by Crippen LogP contribution is 2.12. The highest BCUT2D eigenvalue weighted by Gasteiger charge is 2.06. The van der Waals surface area contributed by atoms with E-state index >= 15 is 0 Å². The molecule has 0 aliphatic carbocycles. The third kappa shape index (κ3) is 6.89. The Bertz CT molecular complexity index is 610. The summed E-state index contributed by atoms with van der Waals surface area (Å²) in [6.07, 6.45) is 9.50. The molecule has 0 saturated heterocycles. The Balaban J connectivity index is 0.000000284. The van der Waals surface area contributed by atoms with E-state index in [0.29, 0.717) is 12.2 Å². The van der Waals surface area contributed by atoms with Crippen LogP contribution in [0.1, 0.15) is 13.3 Å². The van der Waals surface area contributed by atoms with Gasteiger partial charge in [0.1, 0.15) is 0 Å². The van der Waals surface area contributed by atoms with Crippen LogP contribution in [-0.4, -0.2) is 43.6 Å². The molecule has 8 nitrogen and oxygen atoms in total. The summed E-state index contributed by atoms with van der Waals surface area (Å²) in [4.78, 5) is 25.0. The predicted octanol–water partition coefficient (Wildman–Crippen LogP) is 1.67. The molecule has 0 unspecified atom stereocenters. The summed E-state index contributed by atoms with van der Waals surface area (Å²) in [6, 6.07) is 5.89. The fourth-order valence-corrected chi connectivity index (χ4v) is 1.62. The van der Waals surface area contributed by atoms with Crippen molar-refractivity contribution in [2.45, 2.75) is 13.3 Å². The molecule has 0 amide bonds. The molecule has 122 valence electrons. The summed E-state index contributed by atoms with van der Waals surface area (Å²) < 4.78 is 0. The van der Waals surface area contributed by atoms with E-state index in [1.54, 1.807) is 18.6 Å². The van der Waals surface area contributed by atoms with Gasteiger partial charge in [0.2, 0.25) is 0 Å². The Kier molecular flexibility index (Phi) is 7.56. The van der Waals surface area contributed by atoms with Crippen LogP contribution in [0.25, 0.3) is 0 Å². The molecule has 0 aromatic carbocycles. The van der Waals surface area contributed by atoms with Crippen LogP contribution < -0.4 is 5.01 Å². The number of hydrogen-bond acceptors (Lipinski definition) is 5. The number of rotatable bonds is 6. The average molecular weight is 318 g/mol. The first kappa shape index (κ1) is 17.9. The lowest BCUT2D eigenvalue weighted by Gasteiger charge is -2.23. The van der Waals surface area contributed by atoms with Crippen molar-refractivity contribution < 1.29 is 19.8 Å². The Labute approximate surface area is 133 Å². The fraction of sp³-hybridized carbons (Fsp3) is 0.200. The molecule has 2 rings (SSSR count). The molecule has 0 fully saturated rings. The number of carboxylic acid groups (broad SMARTS) is 2. The van der Waals surface area contributed by atoms with Gasteiger partial charge in [0.05, 0.1) is 11.9 Å². The number of carbonyl (C=O) groups is 2. The van der Waals surface area contributed by atoms with Crippen molar-refractivity contribution in [3.63, 3.8) is 0 Å². The predicted molar refractivity (Wildman–Crippen MR) is 83.9 cm³/mol. The van der Waals surface area contributed by atoms with Crippen LogP contribution in [0, 0.1) is 0 Å². The maximum Gasteiger partial charge on any atom is 0.328 e. The number of aromatic nitrogens is 3. The molecule has 0 aliphatic rings. The molecule has 0 saturated carbocycles. The molecule has 0 radical (unpaired) electrons. The van der Waals surface area contributed by atoms with E-state index < -0.39 is 11.9 Å². The standard InChI is InChI=1S/C11H14N4.C4H4O4/c1-2-9-14(15-10-3-6-13-15)11-4-7-12-8-5-11;5-3(6)1-2-4(7)8/h3-8,10H,2,9H2,1H3;1-2H,(H,5,6)(H,7,8)/b;2-1-. The quantitative estimate of drug-likeness (QED) is 0.780. The minimum Gasteiger partial charge on any atom is -0.478 e.